The first-order valence-corrected chi connectivity index (χ1v) is 6.22. The van der Waals surface area contributed by atoms with Gasteiger partial charge in [0.25, 0.3) is 0 Å². The fraction of sp³-hybridized carbons (Fsp3) is 0.462. The van der Waals surface area contributed by atoms with Crippen LogP contribution in [-0.4, -0.2) is 25.3 Å². The molecule has 18 heavy (non-hydrogen) atoms. The van der Waals surface area contributed by atoms with E-state index in [9.17, 15) is 4.79 Å². The van der Waals surface area contributed by atoms with Crippen molar-refractivity contribution in [1.29, 1.82) is 0 Å². The first-order valence-electron chi connectivity index (χ1n) is 6.22. The minimum absolute atomic E-state index is 0.0287. The quantitative estimate of drug-likeness (QED) is 0.830. The third kappa shape index (κ3) is 2.26. The highest BCUT2D eigenvalue weighted by molar-refractivity contribution is 5.82. The molecule has 0 aliphatic carbocycles. The van der Waals surface area contributed by atoms with Crippen LogP contribution in [-0.2, 0) is 11.3 Å². The zero-order valence-electron chi connectivity index (χ0n) is 10.1. The third-order valence-electron chi connectivity index (χ3n) is 3.28. The number of fused-ring (bicyclic) bond motifs is 1. The largest absolute Gasteiger partial charge is 0.454 e. The van der Waals surface area contributed by atoms with Crippen LogP contribution in [0.4, 0.5) is 0 Å². The zero-order chi connectivity index (χ0) is 12.4. The van der Waals surface area contributed by atoms with E-state index in [1.165, 1.54) is 0 Å². The predicted octanol–water partition coefficient (Wildman–Crippen LogP) is 0.783. The van der Waals surface area contributed by atoms with Gasteiger partial charge in [-0.2, -0.15) is 0 Å². The molecule has 0 radical (unpaired) electrons. The number of amides is 1. The lowest BCUT2D eigenvalue weighted by Crippen LogP contribution is -2.39. The maximum atomic E-state index is 11.8. The Labute approximate surface area is 105 Å². The Morgan fingerprint density at radius 3 is 3.11 bits per heavy atom. The molecule has 1 amide bonds. The average Bonchev–Trinajstić information content (AvgIpc) is 3.05. The van der Waals surface area contributed by atoms with E-state index in [1.807, 2.05) is 18.2 Å². The van der Waals surface area contributed by atoms with Gasteiger partial charge in [-0.25, -0.2) is 0 Å². The molecule has 2 N–H and O–H groups in total. The molecule has 0 bridgehead atoms. The van der Waals surface area contributed by atoms with Crippen LogP contribution in [0.2, 0.25) is 0 Å². The summed E-state index contributed by atoms with van der Waals surface area (Å²) in [5.74, 6) is 1.59. The molecule has 1 aromatic rings. The van der Waals surface area contributed by atoms with E-state index in [0.717, 1.165) is 36.4 Å². The molecule has 2 heterocycles. The van der Waals surface area contributed by atoms with Crippen molar-refractivity contribution in [3.63, 3.8) is 0 Å². The minimum Gasteiger partial charge on any atom is -0.454 e. The average molecular weight is 248 g/mol. The van der Waals surface area contributed by atoms with Crippen LogP contribution in [0.3, 0.4) is 0 Å². The summed E-state index contributed by atoms with van der Waals surface area (Å²) in [6.07, 6.45) is 2.00. The van der Waals surface area contributed by atoms with Crippen molar-refractivity contribution in [3.8, 4) is 11.5 Å². The molecule has 5 heteroatoms. The molecule has 0 aromatic heterocycles. The first-order chi connectivity index (χ1) is 8.83. The molecule has 1 fully saturated rings. The van der Waals surface area contributed by atoms with Crippen LogP contribution < -0.4 is 20.1 Å². The molecular weight excluding hydrogens is 232 g/mol. The monoisotopic (exact) mass is 248 g/mol. The number of ether oxygens (including phenoxy) is 2. The lowest BCUT2D eigenvalue weighted by Gasteiger charge is -2.11. The zero-order valence-corrected chi connectivity index (χ0v) is 10.1. The van der Waals surface area contributed by atoms with Crippen molar-refractivity contribution in [2.75, 3.05) is 13.3 Å². The van der Waals surface area contributed by atoms with Crippen molar-refractivity contribution in [3.05, 3.63) is 23.8 Å². The van der Waals surface area contributed by atoms with Gasteiger partial charge in [-0.3, -0.25) is 4.79 Å². The summed E-state index contributed by atoms with van der Waals surface area (Å²) in [7, 11) is 0. The molecule has 1 atom stereocenters. The molecule has 1 saturated heterocycles. The number of hydrogen-bond donors (Lipinski definition) is 2. The summed E-state index contributed by atoms with van der Waals surface area (Å²) in [5, 5.41) is 6.11. The highest BCUT2D eigenvalue weighted by Gasteiger charge is 2.21. The molecule has 96 valence electrons. The second kappa shape index (κ2) is 4.86. The van der Waals surface area contributed by atoms with Gasteiger partial charge in [0.1, 0.15) is 0 Å². The van der Waals surface area contributed by atoms with E-state index in [1.54, 1.807) is 0 Å². The number of carbonyl (C=O) groups excluding carboxylic acids is 1. The maximum Gasteiger partial charge on any atom is 0.237 e. The summed E-state index contributed by atoms with van der Waals surface area (Å²) < 4.78 is 10.5. The summed E-state index contributed by atoms with van der Waals surface area (Å²) in [6.45, 7) is 1.73. The van der Waals surface area contributed by atoms with Gasteiger partial charge in [0, 0.05) is 6.54 Å². The van der Waals surface area contributed by atoms with Crippen molar-refractivity contribution >= 4 is 5.91 Å². The van der Waals surface area contributed by atoms with Crippen LogP contribution in [0.1, 0.15) is 18.4 Å². The third-order valence-corrected chi connectivity index (χ3v) is 3.28. The number of benzene rings is 1. The van der Waals surface area contributed by atoms with Gasteiger partial charge in [0.2, 0.25) is 12.7 Å². The van der Waals surface area contributed by atoms with Gasteiger partial charge in [0.15, 0.2) is 11.5 Å². The summed E-state index contributed by atoms with van der Waals surface area (Å²) >= 11 is 0. The molecule has 0 saturated carbocycles. The van der Waals surface area contributed by atoms with Crippen molar-refractivity contribution < 1.29 is 14.3 Å². The summed E-state index contributed by atoms with van der Waals surface area (Å²) in [4.78, 5) is 11.8. The molecule has 0 spiro atoms. The van der Waals surface area contributed by atoms with Crippen LogP contribution in [0.15, 0.2) is 18.2 Å². The first kappa shape index (κ1) is 11.3. The van der Waals surface area contributed by atoms with E-state index in [4.69, 9.17) is 9.47 Å². The van der Waals surface area contributed by atoms with E-state index >= 15 is 0 Å². The van der Waals surface area contributed by atoms with Gasteiger partial charge in [0.05, 0.1) is 6.04 Å². The molecule has 1 unspecified atom stereocenters. The normalized spacial score (nSPS) is 21.0. The summed E-state index contributed by atoms with van der Waals surface area (Å²) in [5.41, 5.74) is 1.02. The minimum atomic E-state index is -0.0287. The molecular formula is C13H16N2O3. The maximum absolute atomic E-state index is 11.8. The molecule has 5 nitrogen and oxygen atoms in total. The van der Waals surface area contributed by atoms with Crippen molar-refractivity contribution in [1.82, 2.24) is 10.6 Å². The topological polar surface area (TPSA) is 59.6 Å². The Morgan fingerprint density at radius 1 is 1.39 bits per heavy atom. The number of carbonyl (C=O) groups is 1. The van der Waals surface area contributed by atoms with Crippen LogP contribution in [0, 0.1) is 0 Å². The fourth-order valence-corrected chi connectivity index (χ4v) is 2.27. The predicted molar refractivity (Wildman–Crippen MR) is 65.4 cm³/mol. The Bertz CT molecular complexity index is 456. The number of hydrogen-bond acceptors (Lipinski definition) is 4. The lowest BCUT2D eigenvalue weighted by molar-refractivity contribution is -0.122. The lowest BCUT2D eigenvalue weighted by atomic mass is 10.2. The van der Waals surface area contributed by atoms with E-state index < -0.39 is 0 Å². The van der Waals surface area contributed by atoms with Crippen molar-refractivity contribution in [2.24, 2.45) is 0 Å². The Kier molecular flexibility index (Phi) is 3.06. The second-order valence-corrected chi connectivity index (χ2v) is 4.55. The number of nitrogens with one attached hydrogen (secondary N) is 2. The van der Waals surface area contributed by atoms with E-state index in [0.29, 0.717) is 6.54 Å². The Balaban J connectivity index is 1.58. The highest BCUT2D eigenvalue weighted by atomic mass is 16.7. The fourth-order valence-electron chi connectivity index (χ4n) is 2.27. The molecule has 2 aliphatic heterocycles. The van der Waals surface area contributed by atoms with Gasteiger partial charge in [-0.1, -0.05) is 6.07 Å². The van der Waals surface area contributed by atoms with Gasteiger partial charge in [-0.05, 0) is 37.1 Å². The Morgan fingerprint density at radius 2 is 2.28 bits per heavy atom. The van der Waals surface area contributed by atoms with Crippen LogP contribution in [0.5, 0.6) is 11.5 Å². The standard InChI is InChI=1S/C13H16N2O3/c16-13(10-2-1-5-14-10)15-7-9-3-4-11-12(6-9)18-8-17-11/h3-4,6,10,14H,1-2,5,7-8H2,(H,15,16). The Hall–Kier alpha value is -1.75. The molecule has 2 aliphatic rings. The number of rotatable bonds is 3. The van der Waals surface area contributed by atoms with E-state index in [-0.39, 0.29) is 18.7 Å². The molecule has 1 aromatic carbocycles. The van der Waals surface area contributed by atoms with E-state index in [2.05, 4.69) is 10.6 Å². The van der Waals surface area contributed by atoms with Crippen molar-refractivity contribution in [2.45, 2.75) is 25.4 Å². The second-order valence-electron chi connectivity index (χ2n) is 4.55. The van der Waals surface area contributed by atoms with Gasteiger partial charge >= 0.3 is 0 Å². The SMILES string of the molecule is O=C(NCc1ccc2c(c1)OCO2)C1CCCN1. The van der Waals surface area contributed by atoms with Crippen LogP contribution >= 0.6 is 0 Å². The highest BCUT2D eigenvalue weighted by Crippen LogP contribution is 2.32. The smallest absolute Gasteiger partial charge is 0.237 e. The van der Waals surface area contributed by atoms with Gasteiger partial charge in [-0.15, -0.1) is 0 Å². The van der Waals surface area contributed by atoms with Gasteiger partial charge < -0.3 is 20.1 Å². The van der Waals surface area contributed by atoms with Crippen LogP contribution in [0.25, 0.3) is 0 Å². The molecule has 3 rings (SSSR count). The summed E-state index contributed by atoms with van der Waals surface area (Å²) in [6, 6.07) is 5.69.